The molecule has 1 aliphatic rings. The van der Waals surface area contributed by atoms with Gasteiger partial charge in [0.1, 0.15) is 5.82 Å². The maximum atomic E-state index is 13.4. The number of sulfonamides is 1. The molecule has 1 N–H and O–H groups in total. The van der Waals surface area contributed by atoms with Crippen LogP contribution in [0.5, 0.6) is 0 Å². The average Bonchev–Trinajstić information content (AvgIpc) is 3.17. The minimum absolute atomic E-state index is 0.0170. The van der Waals surface area contributed by atoms with Gasteiger partial charge >= 0.3 is 0 Å². The second-order valence-electron chi connectivity index (χ2n) is 6.48. The van der Waals surface area contributed by atoms with E-state index in [4.69, 9.17) is 5.26 Å². The Labute approximate surface area is 137 Å². The molecule has 0 aromatic heterocycles. The summed E-state index contributed by atoms with van der Waals surface area (Å²) in [6, 6.07) is 7.97. The molecule has 1 aliphatic carbocycles. The summed E-state index contributed by atoms with van der Waals surface area (Å²) >= 11 is 0. The van der Waals surface area contributed by atoms with Crippen molar-refractivity contribution in [3.05, 3.63) is 35.6 Å². The Hall–Kier alpha value is -1.49. The van der Waals surface area contributed by atoms with Crippen molar-refractivity contribution in [3.63, 3.8) is 0 Å². The van der Waals surface area contributed by atoms with Crippen LogP contribution in [0.15, 0.2) is 24.3 Å². The molecule has 2 rings (SSSR count). The van der Waals surface area contributed by atoms with Gasteiger partial charge < -0.3 is 4.90 Å². The molecule has 126 valence electrons. The number of halogens is 1. The Morgan fingerprint density at radius 2 is 2.13 bits per heavy atom. The number of nitrogens with one attached hydrogen (secondary N) is 1. The van der Waals surface area contributed by atoms with Crippen molar-refractivity contribution in [1.82, 2.24) is 9.62 Å². The Balaban J connectivity index is 2.03. The number of hydrogen-bond donors (Lipinski definition) is 1. The summed E-state index contributed by atoms with van der Waals surface area (Å²) in [6.45, 7) is 0.168. The summed E-state index contributed by atoms with van der Waals surface area (Å²) in [5.41, 5.74) is 0.350. The highest BCUT2D eigenvalue weighted by molar-refractivity contribution is 7.89. The van der Waals surface area contributed by atoms with Gasteiger partial charge in [-0.3, -0.25) is 0 Å². The Morgan fingerprint density at radius 1 is 1.43 bits per heavy atom. The molecule has 1 aromatic rings. The molecule has 1 unspecified atom stereocenters. The van der Waals surface area contributed by atoms with Crippen LogP contribution in [0.1, 0.15) is 30.9 Å². The normalized spacial score (nSPS) is 17.7. The van der Waals surface area contributed by atoms with E-state index in [-0.39, 0.29) is 36.0 Å². The van der Waals surface area contributed by atoms with E-state index in [0.717, 1.165) is 18.4 Å². The number of benzene rings is 1. The highest BCUT2D eigenvalue weighted by atomic mass is 32.2. The van der Waals surface area contributed by atoms with Crippen molar-refractivity contribution in [2.75, 3.05) is 26.4 Å². The molecule has 1 atom stereocenters. The lowest BCUT2D eigenvalue weighted by atomic mass is 10.1. The van der Waals surface area contributed by atoms with E-state index >= 15 is 0 Å². The lowest BCUT2D eigenvalue weighted by Gasteiger charge is -2.25. The molecule has 5 nitrogen and oxygen atoms in total. The number of nitriles is 1. The molecule has 0 heterocycles. The van der Waals surface area contributed by atoms with Crippen molar-refractivity contribution < 1.29 is 12.8 Å². The third-order valence-electron chi connectivity index (χ3n) is 4.26. The topological polar surface area (TPSA) is 73.2 Å². The second-order valence-corrected chi connectivity index (χ2v) is 8.28. The van der Waals surface area contributed by atoms with Crippen LogP contribution in [0.25, 0.3) is 0 Å². The fourth-order valence-electron chi connectivity index (χ4n) is 2.69. The fourth-order valence-corrected chi connectivity index (χ4v) is 4.40. The summed E-state index contributed by atoms with van der Waals surface area (Å²) in [6.07, 6.45) is 1.83. The predicted octanol–water partition coefficient (Wildman–Crippen LogP) is 2.04. The van der Waals surface area contributed by atoms with E-state index in [2.05, 4.69) is 10.8 Å². The lowest BCUT2D eigenvalue weighted by molar-refractivity contribution is 0.298. The molecule has 7 heteroatoms. The highest BCUT2D eigenvalue weighted by Gasteiger charge is 2.46. The first-order valence-electron chi connectivity index (χ1n) is 7.53. The van der Waals surface area contributed by atoms with Crippen LogP contribution in [0.4, 0.5) is 4.39 Å². The Kier molecular flexibility index (Phi) is 5.40. The summed E-state index contributed by atoms with van der Waals surface area (Å²) in [4.78, 5) is 1.85. The first-order chi connectivity index (χ1) is 10.8. The van der Waals surface area contributed by atoms with E-state index in [0.29, 0.717) is 0 Å². The zero-order chi connectivity index (χ0) is 17.1. The number of nitrogens with zero attached hydrogens (tertiary/aromatic N) is 2. The second kappa shape index (κ2) is 6.95. The van der Waals surface area contributed by atoms with Crippen LogP contribution >= 0.6 is 0 Å². The zero-order valence-corrected chi connectivity index (χ0v) is 14.2. The lowest BCUT2D eigenvalue weighted by Crippen LogP contribution is -2.37. The minimum Gasteiger partial charge on any atom is -0.301 e. The maximum Gasteiger partial charge on any atom is 0.212 e. The van der Waals surface area contributed by atoms with Crippen molar-refractivity contribution in [2.45, 2.75) is 25.3 Å². The molecule has 23 heavy (non-hydrogen) atoms. The monoisotopic (exact) mass is 339 g/mol. The number of hydrogen-bond acceptors (Lipinski definition) is 4. The fraction of sp³-hybridized carbons (Fsp3) is 0.562. The van der Waals surface area contributed by atoms with Gasteiger partial charge in [-0.05, 0) is 50.0 Å². The largest absolute Gasteiger partial charge is 0.301 e. The van der Waals surface area contributed by atoms with E-state index in [1.54, 1.807) is 12.1 Å². The van der Waals surface area contributed by atoms with E-state index in [1.165, 1.54) is 12.1 Å². The third kappa shape index (κ3) is 4.99. The van der Waals surface area contributed by atoms with Crippen molar-refractivity contribution in [1.29, 1.82) is 5.26 Å². The molecule has 1 fully saturated rings. The van der Waals surface area contributed by atoms with Gasteiger partial charge in [-0.15, -0.1) is 0 Å². The van der Waals surface area contributed by atoms with E-state index < -0.39 is 10.0 Å². The number of rotatable bonds is 8. The van der Waals surface area contributed by atoms with Crippen LogP contribution in [0.3, 0.4) is 0 Å². The molecule has 0 saturated heterocycles. The molecular weight excluding hydrogens is 317 g/mol. The minimum atomic E-state index is -3.47. The molecule has 0 spiro atoms. The van der Waals surface area contributed by atoms with Gasteiger partial charge in [0, 0.05) is 19.0 Å². The Morgan fingerprint density at radius 3 is 2.65 bits per heavy atom. The smallest absolute Gasteiger partial charge is 0.212 e. The van der Waals surface area contributed by atoms with Crippen LogP contribution < -0.4 is 4.72 Å². The maximum absolute atomic E-state index is 13.4. The standard InChI is InChI=1S/C16H22FN3O2S/c1-20(2)15(13-4-3-5-14(17)10-13)11-19-23(21,22)12-16(6-7-16)8-9-18/h3-5,10,15,19H,6-8,11-12H2,1-2H3. The van der Waals surface area contributed by atoms with Crippen LogP contribution in [-0.2, 0) is 10.0 Å². The van der Waals surface area contributed by atoms with Crippen LogP contribution in [-0.4, -0.2) is 39.7 Å². The van der Waals surface area contributed by atoms with Gasteiger partial charge in [-0.2, -0.15) is 5.26 Å². The highest BCUT2D eigenvalue weighted by Crippen LogP contribution is 2.49. The average molecular weight is 339 g/mol. The third-order valence-corrected chi connectivity index (χ3v) is 5.86. The molecule has 0 aliphatic heterocycles. The summed E-state index contributed by atoms with van der Waals surface area (Å²) < 4.78 is 40.6. The Bertz CT molecular complexity index is 694. The van der Waals surface area contributed by atoms with Gasteiger partial charge in [0.05, 0.1) is 11.8 Å². The van der Waals surface area contributed by atoms with Crippen LogP contribution in [0, 0.1) is 22.6 Å². The van der Waals surface area contributed by atoms with Gasteiger partial charge in [-0.25, -0.2) is 17.5 Å². The molecular formula is C16H22FN3O2S. The predicted molar refractivity (Wildman–Crippen MR) is 86.5 cm³/mol. The van der Waals surface area contributed by atoms with Crippen LogP contribution in [0.2, 0.25) is 0 Å². The van der Waals surface area contributed by atoms with E-state index in [1.807, 2.05) is 19.0 Å². The SMILES string of the molecule is CN(C)C(CNS(=O)(=O)CC1(CC#N)CC1)c1cccc(F)c1. The van der Waals surface area contributed by atoms with Gasteiger partial charge in [-0.1, -0.05) is 12.1 Å². The quantitative estimate of drug-likeness (QED) is 0.787. The van der Waals surface area contributed by atoms with Gasteiger partial charge in [0.15, 0.2) is 0 Å². The summed E-state index contributed by atoms with van der Waals surface area (Å²) in [5.74, 6) is -0.361. The molecule has 0 bridgehead atoms. The molecule has 1 saturated carbocycles. The molecule has 0 radical (unpaired) electrons. The molecule has 0 amide bonds. The van der Waals surface area contributed by atoms with Crippen molar-refractivity contribution in [2.24, 2.45) is 5.41 Å². The summed E-state index contributed by atoms with van der Waals surface area (Å²) in [5, 5.41) is 8.80. The molecule has 1 aromatic carbocycles. The van der Waals surface area contributed by atoms with Gasteiger partial charge in [0.2, 0.25) is 10.0 Å². The zero-order valence-electron chi connectivity index (χ0n) is 13.4. The van der Waals surface area contributed by atoms with Crippen molar-refractivity contribution in [3.8, 4) is 6.07 Å². The first-order valence-corrected chi connectivity index (χ1v) is 9.18. The first kappa shape index (κ1) is 17.9. The van der Waals surface area contributed by atoms with Crippen molar-refractivity contribution >= 4 is 10.0 Å². The van der Waals surface area contributed by atoms with Gasteiger partial charge in [0.25, 0.3) is 0 Å². The number of likely N-dealkylation sites (N-methyl/N-ethyl adjacent to an activating group) is 1. The summed E-state index contributed by atoms with van der Waals surface area (Å²) in [7, 11) is 0.176. The van der Waals surface area contributed by atoms with E-state index in [9.17, 15) is 12.8 Å².